The summed E-state index contributed by atoms with van der Waals surface area (Å²) < 4.78 is 23.0. The molecule has 0 aliphatic heterocycles. The van der Waals surface area contributed by atoms with Crippen molar-refractivity contribution in [3.63, 3.8) is 0 Å². The number of carbonyl (C=O) groups excluding carboxylic acids is 1. The summed E-state index contributed by atoms with van der Waals surface area (Å²) in [6.45, 7) is 4.35. The van der Waals surface area contributed by atoms with Crippen molar-refractivity contribution < 1.29 is 43.1 Å². The zero-order valence-electron chi connectivity index (χ0n) is 35.3. The summed E-state index contributed by atoms with van der Waals surface area (Å²) in [5.41, 5.74) is 0. The number of phosphoric acid groups is 1. The van der Waals surface area contributed by atoms with Gasteiger partial charge in [0.15, 0.2) is 0 Å². The summed E-state index contributed by atoms with van der Waals surface area (Å²) in [7, 11) is 1.10. The van der Waals surface area contributed by atoms with E-state index in [1.807, 2.05) is 33.3 Å². The summed E-state index contributed by atoms with van der Waals surface area (Å²) in [6.07, 6.45) is 37.4. The monoisotopic (exact) mass is 797 g/mol. The molecular formula is C44H81N2O8P. The molecule has 0 fully saturated rings. The molecule has 55 heavy (non-hydrogen) atoms. The third kappa shape index (κ3) is 37.5. The van der Waals surface area contributed by atoms with Crippen molar-refractivity contribution in [2.75, 3.05) is 40.9 Å². The fourth-order valence-corrected chi connectivity index (χ4v) is 6.36. The van der Waals surface area contributed by atoms with E-state index in [-0.39, 0.29) is 18.9 Å². The maximum atomic E-state index is 12.8. The Morgan fingerprint density at radius 3 is 1.82 bits per heavy atom. The van der Waals surface area contributed by atoms with Crippen LogP contribution in [0, 0.1) is 0 Å². The molecule has 0 aromatic heterocycles. The van der Waals surface area contributed by atoms with Crippen LogP contribution < -0.4 is 10.2 Å². The van der Waals surface area contributed by atoms with Gasteiger partial charge < -0.3 is 39.1 Å². The molecule has 5 atom stereocenters. The van der Waals surface area contributed by atoms with Crippen molar-refractivity contribution in [1.82, 2.24) is 5.32 Å². The van der Waals surface area contributed by atoms with Gasteiger partial charge in [-0.3, -0.25) is 9.36 Å². The fraction of sp³-hybridized carbons (Fsp3) is 0.750. The van der Waals surface area contributed by atoms with E-state index in [1.165, 1.54) is 83.5 Å². The molecule has 0 bridgehead atoms. The van der Waals surface area contributed by atoms with Gasteiger partial charge >= 0.3 is 0 Å². The highest BCUT2D eigenvalue weighted by Crippen LogP contribution is 2.38. The lowest BCUT2D eigenvalue weighted by Crippen LogP contribution is -2.45. The van der Waals surface area contributed by atoms with Crippen LogP contribution in [0.4, 0.5) is 0 Å². The van der Waals surface area contributed by atoms with Crippen LogP contribution in [-0.4, -0.2) is 91.0 Å². The molecule has 0 aliphatic carbocycles. The van der Waals surface area contributed by atoms with Gasteiger partial charge in [0.2, 0.25) is 5.91 Å². The molecule has 320 valence electrons. The average Bonchev–Trinajstić information content (AvgIpc) is 3.12. The smallest absolute Gasteiger partial charge is 0.268 e. The number of aliphatic hydroxyl groups is 3. The number of hydrogen-bond donors (Lipinski definition) is 4. The number of hydrogen-bond acceptors (Lipinski definition) is 8. The van der Waals surface area contributed by atoms with Gasteiger partial charge in [0, 0.05) is 6.42 Å². The number of carbonyl (C=O) groups is 1. The van der Waals surface area contributed by atoms with E-state index in [1.54, 1.807) is 42.5 Å². The van der Waals surface area contributed by atoms with Crippen molar-refractivity contribution >= 4 is 13.7 Å². The van der Waals surface area contributed by atoms with Crippen molar-refractivity contribution in [1.29, 1.82) is 0 Å². The van der Waals surface area contributed by atoms with Gasteiger partial charge in [0.25, 0.3) is 7.82 Å². The molecular weight excluding hydrogens is 715 g/mol. The van der Waals surface area contributed by atoms with Crippen LogP contribution in [0.2, 0.25) is 0 Å². The Balaban J connectivity index is 4.77. The summed E-state index contributed by atoms with van der Waals surface area (Å²) in [4.78, 5) is 25.3. The summed E-state index contributed by atoms with van der Waals surface area (Å²) in [5.74, 6) is -0.385. The Bertz CT molecular complexity index is 1120. The highest BCUT2D eigenvalue weighted by Gasteiger charge is 2.23. The maximum Gasteiger partial charge on any atom is 0.268 e. The first-order valence-electron chi connectivity index (χ1n) is 21.4. The topological polar surface area (TPSA) is 148 Å². The van der Waals surface area contributed by atoms with Crippen molar-refractivity contribution in [3.8, 4) is 0 Å². The van der Waals surface area contributed by atoms with Crippen LogP contribution in [0.5, 0.6) is 0 Å². The predicted molar refractivity (Wildman–Crippen MR) is 226 cm³/mol. The zero-order valence-corrected chi connectivity index (χ0v) is 36.2. The third-order valence-electron chi connectivity index (χ3n) is 9.16. The number of quaternary nitrogens is 1. The Kier molecular flexibility index (Phi) is 34.1. The molecule has 11 heteroatoms. The molecule has 10 nitrogen and oxygen atoms in total. The second kappa shape index (κ2) is 35.3. The lowest BCUT2D eigenvalue weighted by atomic mass is 10.0. The molecule has 0 rings (SSSR count). The summed E-state index contributed by atoms with van der Waals surface area (Å²) in [6, 6.07) is -1.00. The first-order valence-corrected chi connectivity index (χ1v) is 22.8. The Hall–Kier alpha value is -1.88. The fourth-order valence-electron chi connectivity index (χ4n) is 5.64. The molecule has 0 heterocycles. The second-order valence-corrected chi connectivity index (χ2v) is 17.2. The van der Waals surface area contributed by atoms with Crippen LogP contribution in [0.15, 0.2) is 60.8 Å². The molecule has 1 amide bonds. The van der Waals surface area contributed by atoms with Gasteiger partial charge in [-0.15, -0.1) is 0 Å². The SMILES string of the molecule is CCCCC/C=C\C[C@H](O)/C=C/C=C/C=C\[C@H](O)CCCC(=O)N[C@@H](COP(=O)([O-])OCC[N+](C)(C)C)[C@H](O)/C=C/CCCCCCCCCCCCCC. The molecule has 1 unspecified atom stereocenters. The standard InChI is InChI=1S/C44H81N2O8P/c1-6-8-10-12-14-15-16-17-18-19-20-21-23-29-35-43(49)42(39-54-55(51,52)53-38-37-46(3,4)5)45-44(50)36-30-34-41(48)33-28-25-24-27-32-40(47)31-26-22-13-11-9-7-2/h22,24-29,32-33,35,40-43,47-49H,6-21,23,30-31,34,36-39H2,1-5H3,(H-,45,50,51,52)/b25-24+,26-22-,32-27+,33-28-,35-29+/t40-,41-,42-,43+/m0/s1. The molecule has 0 aromatic carbocycles. The molecule has 0 radical (unpaired) electrons. The number of phosphoric ester groups is 1. The van der Waals surface area contributed by atoms with Crippen LogP contribution in [-0.2, 0) is 18.4 Å². The zero-order chi connectivity index (χ0) is 41.0. The van der Waals surface area contributed by atoms with Crippen LogP contribution in [0.1, 0.15) is 149 Å². The number of unbranched alkanes of at least 4 members (excludes halogenated alkanes) is 15. The minimum atomic E-state index is -4.66. The number of amides is 1. The van der Waals surface area contributed by atoms with E-state index in [0.29, 0.717) is 30.3 Å². The van der Waals surface area contributed by atoms with Gasteiger partial charge in [-0.1, -0.05) is 158 Å². The lowest BCUT2D eigenvalue weighted by Gasteiger charge is -2.29. The Labute approximate surface area is 336 Å². The minimum Gasteiger partial charge on any atom is -0.756 e. The average molecular weight is 797 g/mol. The number of likely N-dealkylation sites (N-methyl/N-ethyl adjacent to an activating group) is 1. The van der Waals surface area contributed by atoms with Crippen molar-refractivity contribution in [3.05, 3.63) is 60.8 Å². The van der Waals surface area contributed by atoms with E-state index < -0.39 is 38.8 Å². The number of aliphatic hydroxyl groups excluding tert-OH is 3. The van der Waals surface area contributed by atoms with Crippen molar-refractivity contribution in [2.45, 2.75) is 173 Å². The van der Waals surface area contributed by atoms with Crippen molar-refractivity contribution in [2.24, 2.45) is 0 Å². The van der Waals surface area contributed by atoms with Gasteiger partial charge in [-0.2, -0.15) is 0 Å². The normalized spacial score (nSPS) is 16.2. The molecule has 0 saturated carbocycles. The van der Waals surface area contributed by atoms with E-state index in [4.69, 9.17) is 9.05 Å². The van der Waals surface area contributed by atoms with Gasteiger partial charge in [0.1, 0.15) is 13.2 Å². The number of rotatable bonds is 37. The quantitative estimate of drug-likeness (QED) is 0.0160. The second-order valence-electron chi connectivity index (χ2n) is 15.7. The molecule has 0 spiro atoms. The largest absolute Gasteiger partial charge is 0.756 e. The summed E-state index contributed by atoms with van der Waals surface area (Å²) in [5, 5.41) is 34.0. The molecule has 0 aliphatic rings. The summed E-state index contributed by atoms with van der Waals surface area (Å²) >= 11 is 0. The van der Waals surface area contributed by atoms with Gasteiger partial charge in [0.05, 0.1) is 52.1 Å². The lowest BCUT2D eigenvalue weighted by molar-refractivity contribution is -0.870. The highest BCUT2D eigenvalue weighted by molar-refractivity contribution is 7.45. The van der Waals surface area contributed by atoms with E-state index in [9.17, 15) is 29.6 Å². The number of allylic oxidation sites excluding steroid dienone is 6. The first kappa shape index (κ1) is 53.1. The first-order chi connectivity index (χ1) is 26.3. The van der Waals surface area contributed by atoms with E-state index in [0.717, 1.165) is 25.7 Å². The van der Waals surface area contributed by atoms with Crippen LogP contribution in [0.25, 0.3) is 0 Å². The minimum absolute atomic E-state index is 0.0493. The van der Waals surface area contributed by atoms with E-state index >= 15 is 0 Å². The van der Waals surface area contributed by atoms with Crippen LogP contribution in [0.3, 0.4) is 0 Å². The van der Waals surface area contributed by atoms with Gasteiger partial charge in [-0.05, 0) is 44.9 Å². The number of nitrogens with one attached hydrogen (secondary N) is 1. The van der Waals surface area contributed by atoms with Crippen LogP contribution >= 0.6 is 7.82 Å². The Morgan fingerprint density at radius 1 is 0.691 bits per heavy atom. The number of nitrogens with zero attached hydrogens (tertiary/aromatic N) is 1. The Morgan fingerprint density at radius 2 is 1.22 bits per heavy atom. The maximum absolute atomic E-state index is 12.8. The third-order valence-corrected chi connectivity index (χ3v) is 10.1. The van der Waals surface area contributed by atoms with Gasteiger partial charge in [-0.25, -0.2) is 0 Å². The predicted octanol–water partition coefficient (Wildman–Crippen LogP) is 8.77. The van der Waals surface area contributed by atoms with E-state index in [2.05, 4.69) is 25.2 Å². The highest BCUT2D eigenvalue weighted by atomic mass is 31.2. The molecule has 0 saturated heterocycles. The molecule has 4 N–H and O–H groups in total. The molecule has 0 aromatic rings.